The number of carbonyl (C=O) groups is 2. The third kappa shape index (κ3) is 5.74. The zero-order valence-electron chi connectivity index (χ0n) is 18.2. The monoisotopic (exact) mass is 448 g/mol. The molecule has 1 aliphatic carbocycles. The van der Waals surface area contributed by atoms with Gasteiger partial charge in [0.15, 0.2) is 0 Å². The topological polar surface area (TPSA) is 92.8 Å². The van der Waals surface area contributed by atoms with Gasteiger partial charge in [-0.25, -0.2) is 13.2 Å². The molecular weight excluding hydrogens is 416 g/mol. The Morgan fingerprint density at radius 2 is 1.71 bits per heavy atom. The van der Waals surface area contributed by atoms with Crippen molar-refractivity contribution in [1.29, 1.82) is 0 Å². The number of benzene rings is 1. The summed E-state index contributed by atoms with van der Waals surface area (Å²) in [7, 11) is -2.20. The Morgan fingerprint density at radius 1 is 1.10 bits per heavy atom. The van der Waals surface area contributed by atoms with Crippen molar-refractivity contribution in [1.82, 2.24) is 9.62 Å². The fourth-order valence-corrected chi connectivity index (χ4v) is 5.58. The number of methoxy groups -OCH3 is 1. The van der Waals surface area contributed by atoms with E-state index in [9.17, 15) is 18.0 Å². The van der Waals surface area contributed by atoms with Crippen LogP contribution in [0.2, 0.25) is 0 Å². The first-order valence-electron chi connectivity index (χ1n) is 10.9. The summed E-state index contributed by atoms with van der Waals surface area (Å²) in [6, 6.07) is 9.26. The average Bonchev–Trinajstić information content (AvgIpc) is 2.79. The molecule has 31 heavy (non-hydrogen) atoms. The number of carbonyl (C=O) groups excluding carboxylic acids is 2. The standard InChI is InChI=1S/C23H32N2O5S/c1-18-8-13-23(14-9-18,22(27)30-2)24-21(26)20-10-15-25(16-11-20)31(28,29)17-12-19-6-4-3-5-7-19/h3-7,12,17-18,20H,8-11,13-16H2,1-2H3,(H,24,26)/b17-12+. The largest absolute Gasteiger partial charge is 0.467 e. The molecule has 170 valence electrons. The SMILES string of the molecule is COC(=O)C1(NC(=O)C2CCN(S(=O)(=O)/C=C/c3ccccc3)CC2)CCC(C)CC1. The van der Waals surface area contributed by atoms with E-state index >= 15 is 0 Å². The van der Waals surface area contributed by atoms with Crippen molar-refractivity contribution in [3.63, 3.8) is 0 Å². The Labute approximate surface area is 184 Å². The Kier molecular flexibility index (Phi) is 7.54. The summed E-state index contributed by atoms with van der Waals surface area (Å²) in [6.45, 7) is 2.70. The highest BCUT2D eigenvalue weighted by Gasteiger charge is 2.44. The third-order valence-corrected chi connectivity index (χ3v) is 8.05. The van der Waals surface area contributed by atoms with E-state index in [0.717, 1.165) is 18.4 Å². The number of amides is 1. The molecule has 0 radical (unpaired) electrons. The predicted octanol–water partition coefficient (Wildman–Crippen LogP) is 2.94. The quantitative estimate of drug-likeness (QED) is 0.676. The van der Waals surface area contributed by atoms with Crippen LogP contribution in [0.15, 0.2) is 35.7 Å². The van der Waals surface area contributed by atoms with Crippen LogP contribution >= 0.6 is 0 Å². The minimum atomic E-state index is -3.55. The highest BCUT2D eigenvalue weighted by atomic mass is 32.2. The summed E-state index contributed by atoms with van der Waals surface area (Å²) in [5, 5.41) is 4.20. The maximum absolute atomic E-state index is 12.9. The second-order valence-corrected chi connectivity index (χ2v) is 10.5. The van der Waals surface area contributed by atoms with E-state index in [-0.39, 0.29) is 30.9 Å². The van der Waals surface area contributed by atoms with Gasteiger partial charge in [-0.3, -0.25) is 4.79 Å². The number of nitrogens with zero attached hydrogens (tertiary/aromatic N) is 1. The molecule has 1 aromatic rings. The molecule has 0 aromatic heterocycles. The van der Waals surface area contributed by atoms with E-state index in [1.807, 2.05) is 30.3 Å². The lowest BCUT2D eigenvalue weighted by Gasteiger charge is -2.39. The van der Waals surface area contributed by atoms with E-state index in [1.165, 1.54) is 16.8 Å². The van der Waals surface area contributed by atoms with Crippen LogP contribution in [0, 0.1) is 11.8 Å². The summed E-state index contributed by atoms with van der Waals surface area (Å²) in [4.78, 5) is 25.4. The number of ether oxygens (including phenoxy) is 1. The van der Waals surface area contributed by atoms with Gasteiger partial charge in [0.2, 0.25) is 15.9 Å². The van der Waals surface area contributed by atoms with Gasteiger partial charge in [-0.1, -0.05) is 37.3 Å². The number of hydrogen-bond donors (Lipinski definition) is 1. The maximum atomic E-state index is 12.9. The first-order chi connectivity index (χ1) is 14.8. The van der Waals surface area contributed by atoms with Gasteiger partial charge in [0.25, 0.3) is 0 Å². The molecule has 0 unspecified atom stereocenters. The van der Waals surface area contributed by atoms with Gasteiger partial charge in [0, 0.05) is 24.4 Å². The highest BCUT2D eigenvalue weighted by Crippen LogP contribution is 2.34. The lowest BCUT2D eigenvalue weighted by atomic mass is 9.76. The Morgan fingerprint density at radius 3 is 2.29 bits per heavy atom. The molecule has 1 heterocycles. The third-order valence-electron chi connectivity index (χ3n) is 6.48. The zero-order valence-corrected chi connectivity index (χ0v) is 19.1. The number of hydrogen-bond acceptors (Lipinski definition) is 5. The molecule has 2 aliphatic rings. The lowest BCUT2D eigenvalue weighted by Crippen LogP contribution is -2.58. The molecule has 1 aromatic carbocycles. The van der Waals surface area contributed by atoms with Gasteiger partial charge in [-0.2, -0.15) is 4.31 Å². The smallest absolute Gasteiger partial charge is 0.331 e. The second kappa shape index (κ2) is 9.96. The van der Waals surface area contributed by atoms with Crippen molar-refractivity contribution in [2.24, 2.45) is 11.8 Å². The first kappa shape index (κ1) is 23.5. The fourth-order valence-electron chi connectivity index (χ4n) is 4.36. The first-order valence-corrected chi connectivity index (χ1v) is 12.4. The Bertz CT molecular complexity index is 897. The number of piperidine rings is 1. The minimum Gasteiger partial charge on any atom is -0.467 e. The van der Waals surface area contributed by atoms with E-state index < -0.39 is 15.6 Å². The van der Waals surface area contributed by atoms with Crippen LogP contribution in [0.25, 0.3) is 6.08 Å². The number of sulfonamides is 1. The molecule has 7 nitrogen and oxygen atoms in total. The minimum absolute atomic E-state index is 0.183. The van der Waals surface area contributed by atoms with Crippen molar-refractivity contribution in [3.8, 4) is 0 Å². The van der Waals surface area contributed by atoms with Crippen LogP contribution in [-0.4, -0.2) is 50.3 Å². The van der Waals surface area contributed by atoms with Crippen molar-refractivity contribution >= 4 is 28.0 Å². The van der Waals surface area contributed by atoms with Crippen LogP contribution in [0.4, 0.5) is 0 Å². The molecule has 0 atom stereocenters. The molecule has 3 rings (SSSR count). The van der Waals surface area contributed by atoms with E-state index in [2.05, 4.69) is 12.2 Å². The van der Waals surface area contributed by atoms with Crippen LogP contribution in [0.5, 0.6) is 0 Å². The summed E-state index contributed by atoms with van der Waals surface area (Å²) in [6.07, 6.45) is 5.31. The van der Waals surface area contributed by atoms with Crippen LogP contribution in [0.1, 0.15) is 51.0 Å². The second-order valence-electron chi connectivity index (χ2n) is 8.68. The molecule has 8 heteroatoms. The van der Waals surface area contributed by atoms with Gasteiger partial charge in [0.1, 0.15) is 5.54 Å². The van der Waals surface area contributed by atoms with E-state index in [1.54, 1.807) is 6.08 Å². The molecule has 1 amide bonds. The Balaban J connectivity index is 1.59. The highest BCUT2D eigenvalue weighted by molar-refractivity contribution is 7.92. The van der Waals surface area contributed by atoms with Crippen molar-refractivity contribution in [2.75, 3.05) is 20.2 Å². The fraction of sp³-hybridized carbons (Fsp3) is 0.565. The number of rotatable bonds is 6. The molecule has 1 saturated heterocycles. The summed E-state index contributed by atoms with van der Waals surface area (Å²) >= 11 is 0. The van der Waals surface area contributed by atoms with Gasteiger partial charge in [0.05, 0.1) is 7.11 Å². The average molecular weight is 449 g/mol. The molecule has 1 aliphatic heterocycles. The van der Waals surface area contributed by atoms with Crippen LogP contribution < -0.4 is 5.32 Å². The van der Waals surface area contributed by atoms with E-state index in [4.69, 9.17) is 4.74 Å². The summed E-state index contributed by atoms with van der Waals surface area (Å²) < 4.78 is 31.7. The molecule has 0 bridgehead atoms. The molecule has 2 fully saturated rings. The van der Waals surface area contributed by atoms with Crippen molar-refractivity contribution in [2.45, 2.75) is 51.0 Å². The summed E-state index contributed by atoms with van der Waals surface area (Å²) in [5.41, 5.74) is -0.143. The molecular formula is C23H32N2O5S. The van der Waals surface area contributed by atoms with Gasteiger partial charge in [-0.15, -0.1) is 0 Å². The zero-order chi connectivity index (χ0) is 22.5. The molecule has 1 saturated carbocycles. The van der Waals surface area contributed by atoms with Gasteiger partial charge in [-0.05, 0) is 56.1 Å². The van der Waals surface area contributed by atoms with Crippen LogP contribution in [-0.2, 0) is 24.3 Å². The van der Waals surface area contributed by atoms with Gasteiger partial charge >= 0.3 is 5.97 Å². The normalized spacial score (nSPS) is 25.9. The van der Waals surface area contributed by atoms with Crippen LogP contribution in [0.3, 0.4) is 0 Å². The van der Waals surface area contributed by atoms with Crippen molar-refractivity contribution < 1.29 is 22.7 Å². The maximum Gasteiger partial charge on any atom is 0.331 e. The lowest BCUT2D eigenvalue weighted by molar-refractivity contribution is -0.153. The molecule has 1 N–H and O–H groups in total. The predicted molar refractivity (Wildman–Crippen MR) is 119 cm³/mol. The molecule has 0 spiro atoms. The van der Waals surface area contributed by atoms with Crippen molar-refractivity contribution in [3.05, 3.63) is 41.3 Å². The Hall–Kier alpha value is -2.19. The number of nitrogens with one attached hydrogen (secondary N) is 1. The number of esters is 1. The summed E-state index contributed by atoms with van der Waals surface area (Å²) in [5.74, 6) is -0.367. The van der Waals surface area contributed by atoms with Gasteiger partial charge < -0.3 is 10.1 Å². The van der Waals surface area contributed by atoms with E-state index in [0.29, 0.717) is 31.6 Å².